The molecule has 1 aliphatic carbocycles. The van der Waals surface area contributed by atoms with Crippen molar-refractivity contribution >= 4 is 17.4 Å². The summed E-state index contributed by atoms with van der Waals surface area (Å²) in [6.45, 7) is 0. The third kappa shape index (κ3) is 2.90. The Labute approximate surface area is 147 Å². The molecule has 0 unspecified atom stereocenters. The number of carbonyl (C=O) groups excluding carboxylic acids is 2. The number of carbonyl (C=O) groups is 2. The molecule has 9 nitrogen and oxygen atoms in total. The largest absolute Gasteiger partial charge is 0.325 e. The van der Waals surface area contributed by atoms with Crippen molar-refractivity contribution in [1.82, 2.24) is 25.2 Å². The lowest BCUT2D eigenvalue weighted by Crippen LogP contribution is -2.27. The van der Waals surface area contributed by atoms with Gasteiger partial charge < -0.3 is 10.3 Å². The molecule has 3 aromatic rings. The van der Waals surface area contributed by atoms with E-state index in [1.807, 2.05) is 0 Å². The number of nitrogens with one attached hydrogen (secondary N) is 2. The number of aryl methyl sites for hydroxylation is 1. The summed E-state index contributed by atoms with van der Waals surface area (Å²) in [5.74, 6) is -0.640. The Balaban J connectivity index is 1.63. The van der Waals surface area contributed by atoms with E-state index in [0.29, 0.717) is 41.9 Å². The third-order valence-electron chi connectivity index (χ3n) is 4.22. The number of hydrogen-bond donors (Lipinski definition) is 2. The van der Waals surface area contributed by atoms with E-state index < -0.39 is 11.5 Å². The van der Waals surface area contributed by atoms with Crippen LogP contribution in [0.2, 0.25) is 0 Å². The minimum atomic E-state index is -0.582. The van der Waals surface area contributed by atoms with E-state index in [2.05, 4.69) is 25.8 Å². The van der Waals surface area contributed by atoms with E-state index in [1.165, 1.54) is 17.1 Å². The summed E-state index contributed by atoms with van der Waals surface area (Å²) in [4.78, 5) is 39.5. The molecule has 2 N–H and O–H groups in total. The Hall–Kier alpha value is -3.62. The molecule has 0 spiro atoms. The second kappa shape index (κ2) is 6.36. The molecular weight excluding hydrogens is 336 g/mol. The summed E-state index contributed by atoms with van der Waals surface area (Å²) < 4.78 is 1.44. The molecule has 0 atom stereocenters. The molecule has 26 heavy (non-hydrogen) atoms. The highest BCUT2D eigenvalue weighted by Crippen LogP contribution is 2.19. The van der Waals surface area contributed by atoms with Gasteiger partial charge in [-0.15, -0.1) is 5.10 Å². The van der Waals surface area contributed by atoms with Gasteiger partial charge in [-0.05, 0) is 47.5 Å². The number of aromatic amines is 1. The molecule has 2 heterocycles. The van der Waals surface area contributed by atoms with Gasteiger partial charge in [0, 0.05) is 23.4 Å². The van der Waals surface area contributed by atoms with Gasteiger partial charge in [0.05, 0.1) is 5.69 Å². The van der Waals surface area contributed by atoms with Crippen molar-refractivity contribution in [3.63, 3.8) is 0 Å². The number of ketones is 1. The summed E-state index contributed by atoms with van der Waals surface area (Å²) >= 11 is 0. The minimum absolute atomic E-state index is 0.0581. The SMILES string of the molecule is O=C1CCCc2[nH]c(=O)c(C(=O)Nc3cccc(-n4cnnn4)c3)cc21. The lowest BCUT2D eigenvalue weighted by molar-refractivity contribution is 0.0971. The van der Waals surface area contributed by atoms with Crippen molar-refractivity contribution in [3.05, 3.63) is 63.8 Å². The fourth-order valence-corrected chi connectivity index (χ4v) is 2.95. The van der Waals surface area contributed by atoms with Crippen LogP contribution in [0, 0.1) is 0 Å². The third-order valence-corrected chi connectivity index (χ3v) is 4.22. The molecule has 2 aromatic heterocycles. The van der Waals surface area contributed by atoms with Gasteiger partial charge in [-0.1, -0.05) is 6.07 Å². The van der Waals surface area contributed by atoms with Gasteiger partial charge in [0.2, 0.25) is 0 Å². The zero-order valence-corrected chi connectivity index (χ0v) is 13.6. The Kier molecular flexibility index (Phi) is 3.88. The Morgan fingerprint density at radius 3 is 2.88 bits per heavy atom. The number of pyridine rings is 1. The van der Waals surface area contributed by atoms with Crippen molar-refractivity contribution in [2.75, 3.05) is 5.32 Å². The number of tetrazole rings is 1. The normalized spacial score (nSPS) is 13.3. The fourth-order valence-electron chi connectivity index (χ4n) is 2.95. The highest BCUT2D eigenvalue weighted by molar-refractivity contribution is 6.06. The molecule has 1 aromatic carbocycles. The van der Waals surface area contributed by atoms with Crippen LogP contribution in [0.25, 0.3) is 5.69 Å². The predicted molar refractivity (Wildman–Crippen MR) is 91.4 cm³/mol. The highest BCUT2D eigenvalue weighted by Gasteiger charge is 2.22. The van der Waals surface area contributed by atoms with Crippen molar-refractivity contribution in [1.29, 1.82) is 0 Å². The molecule has 0 aliphatic heterocycles. The smallest absolute Gasteiger partial charge is 0.261 e. The second-order valence-electron chi connectivity index (χ2n) is 5.94. The number of nitrogens with zero attached hydrogens (tertiary/aromatic N) is 4. The monoisotopic (exact) mass is 350 g/mol. The van der Waals surface area contributed by atoms with Gasteiger partial charge in [-0.3, -0.25) is 14.4 Å². The standard InChI is InChI=1S/C17H14N6O3/c24-15-6-2-5-14-12(15)8-13(17(26)20-14)16(25)19-10-3-1-4-11(7-10)23-9-18-21-22-23/h1,3-4,7-9H,2,5-6H2,(H,19,25)(H,20,26). The molecular formula is C17H14N6O3. The number of Topliss-reactive ketones (excluding diaryl/α,β-unsaturated/α-hetero) is 1. The topological polar surface area (TPSA) is 123 Å². The number of amides is 1. The summed E-state index contributed by atoms with van der Waals surface area (Å²) in [6, 6.07) is 8.25. The molecule has 4 rings (SSSR count). The minimum Gasteiger partial charge on any atom is -0.325 e. The Morgan fingerprint density at radius 2 is 2.08 bits per heavy atom. The quantitative estimate of drug-likeness (QED) is 0.730. The Morgan fingerprint density at radius 1 is 1.19 bits per heavy atom. The zero-order chi connectivity index (χ0) is 18.1. The molecule has 0 bridgehead atoms. The van der Waals surface area contributed by atoms with Crippen molar-refractivity contribution in [2.24, 2.45) is 0 Å². The molecule has 0 saturated carbocycles. The summed E-state index contributed by atoms with van der Waals surface area (Å²) in [7, 11) is 0. The molecule has 9 heteroatoms. The van der Waals surface area contributed by atoms with Crippen molar-refractivity contribution in [3.8, 4) is 5.69 Å². The predicted octanol–water partition coefficient (Wildman–Crippen LogP) is 1.12. The number of hydrogen-bond acceptors (Lipinski definition) is 6. The fraction of sp³-hybridized carbons (Fsp3) is 0.176. The summed E-state index contributed by atoms with van der Waals surface area (Å²) in [5.41, 5.74) is 1.56. The number of benzene rings is 1. The van der Waals surface area contributed by atoms with E-state index >= 15 is 0 Å². The number of anilines is 1. The van der Waals surface area contributed by atoms with Gasteiger partial charge in [-0.2, -0.15) is 0 Å². The number of rotatable bonds is 3. The average Bonchev–Trinajstić information content (AvgIpc) is 3.16. The molecule has 1 amide bonds. The van der Waals surface area contributed by atoms with E-state index in [4.69, 9.17) is 0 Å². The van der Waals surface area contributed by atoms with Gasteiger partial charge in [-0.25, -0.2) is 4.68 Å². The first kappa shape index (κ1) is 15.9. The molecule has 0 saturated heterocycles. The van der Waals surface area contributed by atoms with Crippen LogP contribution in [-0.2, 0) is 6.42 Å². The summed E-state index contributed by atoms with van der Waals surface area (Å²) in [5, 5.41) is 13.6. The average molecular weight is 350 g/mol. The van der Waals surface area contributed by atoms with Crippen LogP contribution in [0.5, 0.6) is 0 Å². The first-order valence-electron chi connectivity index (χ1n) is 8.06. The van der Waals surface area contributed by atoms with E-state index in [0.717, 1.165) is 0 Å². The lowest BCUT2D eigenvalue weighted by Gasteiger charge is -2.15. The molecule has 0 radical (unpaired) electrons. The van der Waals surface area contributed by atoms with Crippen molar-refractivity contribution in [2.45, 2.75) is 19.3 Å². The van der Waals surface area contributed by atoms with Crippen LogP contribution in [0.15, 0.2) is 41.5 Å². The van der Waals surface area contributed by atoms with Gasteiger partial charge in [0.15, 0.2) is 5.78 Å². The highest BCUT2D eigenvalue weighted by atomic mass is 16.2. The molecule has 0 fully saturated rings. The summed E-state index contributed by atoms with van der Waals surface area (Å²) in [6.07, 6.45) is 3.19. The van der Waals surface area contributed by atoms with Crippen LogP contribution in [0.1, 0.15) is 39.3 Å². The first-order valence-corrected chi connectivity index (χ1v) is 8.06. The maximum atomic E-state index is 12.5. The second-order valence-corrected chi connectivity index (χ2v) is 5.94. The van der Waals surface area contributed by atoms with Gasteiger partial charge >= 0.3 is 0 Å². The number of fused-ring (bicyclic) bond motifs is 1. The van der Waals surface area contributed by atoms with E-state index in [1.54, 1.807) is 24.3 Å². The van der Waals surface area contributed by atoms with Crippen LogP contribution < -0.4 is 10.9 Å². The molecule has 130 valence electrons. The van der Waals surface area contributed by atoms with Crippen molar-refractivity contribution < 1.29 is 9.59 Å². The van der Waals surface area contributed by atoms with Crippen LogP contribution >= 0.6 is 0 Å². The van der Waals surface area contributed by atoms with Gasteiger partial charge in [0.1, 0.15) is 11.9 Å². The maximum Gasteiger partial charge on any atom is 0.261 e. The van der Waals surface area contributed by atoms with E-state index in [9.17, 15) is 14.4 Å². The maximum absolute atomic E-state index is 12.5. The number of H-pyrrole nitrogens is 1. The van der Waals surface area contributed by atoms with Crippen LogP contribution in [0.3, 0.4) is 0 Å². The zero-order valence-electron chi connectivity index (χ0n) is 13.6. The Bertz CT molecular complexity index is 1050. The van der Waals surface area contributed by atoms with Gasteiger partial charge in [0.25, 0.3) is 11.5 Å². The van der Waals surface area contributed by atoms with Crippen LogP contribution in [0.4, 0.5) is 5.69 Å². The molecule has 1 aliphatic rings. The number of aromatic nitrogens is 5. The first-order chi connectivity index (χ1) is 12.6. The van der Waals surface area contributed by atoms with Crippen LogP contribution in [-0.4, -0.2) is 36.9 Å². The lowest BCUT2D eigenvalue weighted by atomic mass is 9.93. The van der Waals surface area contributed by atoms with E-state index in [-0.39, 0.29) is 11.3 Å².